The molecule has 0 aliphatic heterocycles. The van der Waals surface area contributed by atoms with Crippen LogP contribution in [0.1, 0.15) is 15.9 Å². The topological polar surface area (TPSA) is 76.7 Å². The second kappa shape index (κ2) is 7.04. The Morgan fingerprint density at radius 2 is 1.57 bits per heavy atom. The zero-order chi connectivity index (χ0) is 20.7. The summed E-state index contributed by atoms with van der Waals surface area (Å²) in [6.07, 6.45) is 0. The number of hydrogen-bond acceptors (Lipinski definition) is 5. The van der Waals surface area contributed by atoms with Crippen LogP contribution in [-0.4, -0.2) is 11.1 Å². The molecule has 1 N–H and O–H groups in total. The molecule has 0 spiro atoms. The van der Waals surface area contributed by atoms with E-state index in [1.54, 1.807) is 12.1 Å². The zero-order valence-corrected chi connectivity index (χ0v) is 15.8. The molecule has 5 heteroatoms. The van der Waals surface area contributed by atoms with Gasteiger partial charge in [0.05, 0.1) is 0 Å². The van der Waals surface area contributed by atoms with Gasteiger partial charge in [-0.15, -0.1) is 0 Å². The van der Waals surface area contributed by atoms with Crippen LogP contribution in [0.3, 0.4) is 0 Å². The molecule has 0 amide bonds. The smallest absolute Gasteiger partial charge is 0.342 e. The minimum atomic E-state index is -0.667. The van der Waals surface area contributed by atoms with E-state index in [4.69, 9.17) is 9.15 Å². The van der Waals surface area contributed by atoms with Gasteiger partial charge < -0.3 is 14.3 Å². The summed E-state index contributed by atoms with van der Waals surface area (Å²) in [5.41, 5.74) is 0.538. The van der Waals surface area contributed by atoms with Crippen LogP contribution in [0.25, 0.3) is 32.5 Å². The minimum absolute atomic E-state index is 0.0748. The highest BCUT2D eigenvalue weighted by Crippen LogP contribution is 2.29. The van der Waals surface area contributed by atoms with Crippen molar-refractivity contribution in [3.8, 4) is 5.75 Å². The third-order valence-corrected chi connectivity index (χ3v) is 5.16. The van der Waals surface area contributed by atoms with E-state index in [0.717, 1.165) is 26.9 Å². The Morgan fingerprint density at radius 3 is 2.37 bits per heavy atom. The summed E-state index contributed by atoms with van der Waals surface area (Å²) in [4.78, 5) is 24.7. The van der Waals surface area contributed by atoms with Crippen molar-refractivity contribution in [3.05, 3.63) is 100 Å². The fourth-order valence-electron chi connectivity index (χ4n) is 3.75. The van der Waals surface area contributed by atoms with Crippen molar-refractivity contribution in [1.29, 1.82) is 0 Å². The standard InChI is InChI=1S/C25H16O5/c26-21-12-17-7-2-1-6-16(17)11-20(21)25(28)29-14-18-13-23(27)30-22-10-9-15-5-3-4-8-19(15)24(18)22/h1-13,26H,14H2. The maximum absolute atomic E-state index is 12.7. The van der Waals surface area contributed by atoms with Crippen molar-refractivity contribution in [3.63, 3.8) is 0 Å². The fourth-order valence-corrected chi connectivity index (χ4v) is 3.75. The van der Waals surface area contributed by atoms with Gasteiger partial charge in [0, 0.05) is 17.0 Å². The summed E-state index contributed by atoms with van der Waals surface area (Å²) < 4.78 is 10.8. The lowest BCUT2D eigenvalue weighted by Crippen LogP contribution is -2.08. The van der Waals surface area contributed by atoms with Crippen molar-refractivity contribution in [2.75, 3.05) is 0 Å². The summed E-state index contributed by atoms with van der Waals surface area (Å²) in [5, 5.41) is 14.5. The van der Waals surface area contributed by atoms with Gasteiger partial charge in [0.25, 0.3) is 0 Å². The number of carbonyl (C=O) groups excluding carboxylic acids is 1. The molecule has 5 nitrogen and oxygen atoms in total. The van der Waals surface area contributed by atoms with Gasteiger partial charge in [-0.05, 0) is 39.7 Å². The molecule has 0 fully saturated rings. The maximum Gasteiger partial charge on any atom is 0.342 e. The van der Waals surface area contributed by atoms with Crippen molar-refractivity contribution >= 4 is 38.5 Å². The molecule has 0 saturated carbocycles. The highest BCUT2D eigenvalue weighted by Gasteiger charge is 2.16. The molecule has 5 aromatic rings. The van der Waals surface area contributed by atoms with E-state index in [1.165, 1.54) is 12.1 Å². The number of phenolic OH excluding ortho intramolecular Hbond substituents is 1. The number of esters is 1. The Bertz CT molecular complexity index is 1500. The van der Waals surface area contributed by atoms with E-state index in [9.17, 15) is 14.7 Å². The molecule has 1 aromatic heterocycles. The van der Waals surface area contributed by atoms with Crippen molar-refractivity contribution in [2.24, 2.45) is 0 Å². The molecule has 0 unspecified atom stereocenters. The van der Waals surface area contributed by atoms with Crippen molar-refractivity contribution in [2.45, 2.75) is 6.61 Å². The summed E-state index contributed by atoms with van der Waals surface area (Å²) in [5.74, 6) is -0.818. The number of fused-ring (bicyclic) bond motifs is 4. The quantitative estimate of drug-likeness (QED) is 0.259. The Kier molecular flexibility index (Phi) is 4.21. The molecule has 1 heterocycles. The molecule has 0 bridgehead atoms. The lowest BCUT2D eigenvalue weighted by atomic mass is 10.0. The van der Waals surface area contributed by atoms with Gasteiger partial charge in [-0.1, -0.05) is 54.6 Å². The van der Waals surface area contributed by atoms with Gasteiger partial charge >= 0.3 is 11.6 Å². The number of aromatic hydroxyl groups is 1. The molecule has 0 aliphatic rings. The Balaban J connectivity index is 1.54. The van der Waals surface area contributed by atoms with E-state index in [-0.39, 0.29) is 17.9 Å². The van der Waals surface area contributed by atoms with Gasteiger partial charge in [-0.3, -0.25) is 0 Å². The van der Waals surface area contributed by atoms with Crippen LogP contribution in [0.2, 0.25) is 0 Å². The van der Waals surface area contributed by atoms with E-state index in [0.29, 0.717) is 11.1 Å². The molecule has 0 radical (unpaired) electrons. The number of ether oxygens (including phenoxy) is 1. The minimum Gasteiger partial charge on any atom is -0.507 e. The molecule has 0 atom stereocenters. The number of benzene rings is 4. The van der Waals surface area contributed by atoms with Crippen LogP contribution in [0.5, 0.6) is 5.75 Å². The predicted octanol–water partition coefficient (Wildman–Crippen LogP) is 5.16. The SMILES string of the molecule is O=C(OCc1cc(=O)oc2ccc3ccccc3c12)c1cc2ccccc2cc1O. The molecule has 0 saturated heterocycles. The molecular weight excluding hydrogens is 380 g/mol. The lowest BCUT2D eigenvalue weighted by molar-refractivity contribution is 0.0471. The summed E-state index contributed by atoms with van der Waals surface area (Å²) in [6.45, 7) is -0.124. The van der Waals surface area contributed by atoms with Gasteiger partial charge in [-0.25, -0.2) is 9.59 Å². The first-order valence-corrected chi connectivity index (χ1v) is 9.43. The highest BCUT2D eigenvalue weighted by atomic mass is 16.5. The van der Waals surface area contributed by atoms with Crippen molar-refractivity contribution < 1.29 is 19.1 Å². The van der Waals surface area contributed by atoms with Crippen LogP contribution in [0.15, 0.2) is 88.1 Å². The fraction of sp³-hybridized carbons (Fsp3) is 0.0400. The van der Waals surface area contributed by atoms with E-state index >= 15 is 0 Å². The summed E-state index contributed by atoms with van der Waals surface area (Å²) in [7, 11) is 0. The second-order valence-corrected chi connectivity index (χ2v) is 7.04. The largest absolute Gasteiger partial charge is 0.507 e. The van der Waals surface area contributed by atoms with E-state index < -0.39 is 11.6 Å². The van der Waals surface area contributed by atoms with Crippen LogP contribution < -0.4 is 5.63 Å². The van der Waals surface area contributed by atoms with Crippen LogP contribution in [0.4, 0.5) is 0 Å². The van der Waals surface area contributed by atoms with E-state index in [1.807, 2.05) is 54.6 Å². The second-order valence-electron chi connectivity index (χ2n) is 7.04. The molecule has 4 aromatic carbocycles. The average Bonchev–Trinajstić information content (AvgIpc) is 2.76. The Labute approximate surface area is 170 Å². The summed E-state index contributed by atoms with van der Waals surface area (Å²) in [6, 6.07) is 23.2. The zero-order valence-electron chi connectivity index (χ0n) is 15.8. The molecule has 0 aliphatic carbocycles. The number of hydrogen-bond donors (Lipinski definition) is 1. The lowest BCUT2D eigenvalue weighted by Gasteiger charge is -2.11. The van der Waals surface area contributed by atoms with Crippen LogP contribution >= 0.6 is 0 Å². The summed E-state index contributed by atoms with van der Waals surface area (Å²) >= 11 is 0. The first-order valence-electron chi connectivity index (χ1n) is 9.43. The number of carbonyl (C=O) groups is 1. The molecule has 146 valence electrons. The Hall–Kier alpha value is -4.12. The van der Waals surface area contributed by atoms with Gasteiger partial charge in [0.1, 0.15) is 23.5 Å². The van der Waals surface area contributed by atoms with Crippen molar-refractivity contribution in [1.82, 2.24) is 0 Å². The first-order chi connectivity index (χ1) is 14.6. The molecular formula is C25H16O5. The van der Waals surface area contributed by atoms with Gasteiger partial charge in [0.15, 0.2) is 0 Å². The predicted molar refractivity (Wildman–Crippen MR) is 115 cm³/mol. The normalized spacial score (nSPS) is 11.2. The van der Waals surface area contributed by atoms with Gasteiger partial charge in [-0.2, -0.15) is 0 Å². The number of rotatable bonds is 3. The van der Waals surface area contributed by atoms with E-state index in [2.05, 4.69) is 0 Å². The molecule has 5 rings (SSSR count). The average molecular weight is 396 g/mol. The van der Waals surface area contributed by atoms with Crippen LogP contribution in [0, 0.1) is 0 Å². The third-order valence-electron chi connectivity index (χ3n) is 5.16. The first kappa shape index (κ1) is 17.9. The van der Waals surface area contributed by atoms with Gasteiger partial charge in [0.2, 0.25) is 0 Å². The third kappa shape index (κ3) is 3.06. The molecule has 30 heavy (non-hydrogen) atoms. The highest BCUT2D eigenvalue weighted by molar-refractivity contribution is 6.07. The Morgan fingerprint density at radius 1 is 0.867 bits per heavy atom. The number of phenols is 1. The maximum atomic E-state index is 12.7. The van der Waals surface area contributed by atoms with Crippen LogP contribution in [-0.2, 0) is 11.3 Å². The monoisotopic (exact) mass is 396 g/mol.